The number of sulfone groups is 1. The van der Waals surface area contributed by atoms with Crippen LogP contribution in [0.4, 0.5) is 18.3 Å². The summed E-state index contributed by atoms with van der Waals surface area (Å²) in [5.41, 5.74) is 1.61. The molecule has 0 aliphatic carbocycles. The molecule has 2 aliphatic heterocycles. The Morgan fingerprint density at radius 3 is 2.35 bits per heavy atom. The molecule has 3 atom stereocenters. The number of halogens is 3. The summed E-state index contributed by atoms with van der Waals surface area (Å²) < 4.78 is 67.8. The highest BCUT2D eigenvalue weighted by Gasteiger charge is 2.44. The molecule has 0 radical (unpaired) electrons. The van der Waals surface area contributed by atoms with Crippen LogP contribution >= 0.6 is 11.3 Å². The van der Waals surface area contributed by atoms with E-state index in [2.05, 4.69) is 24.1 Å². The number of benzene rings is 1. The fourth-order valence-electron chi connectivity index (χ4n) is 5.00. The number of fused-ring (bicyclic) bond motifs is 1. The summed E-state index contributed by atoms with van der Waals surface area (Å²) in [5.74, 6) is 0.0440. The summed E-state index contributed by atoms with van der Waals surface area (Å²) in [6.45, 7) is 7.13. The molecule has 1 aromatic carbocycles. The summed E-state index contributed by atoms with van der Waals surface area (Å²) in [5, 5.41) is 3.37. The van der Waals surface area contributed by atoms with Crippen LogP contribution in [0.1, 0.15) is 78.1 Å². The molecular weight excluding hydrogens is 563 g/mol. The van der Waals surface area contributed by atoms with Gasteiger partial charge >= 0.3 is 6.18 Å². The lowest BCUT2D eigenvalue weighted by atomic mass is 9.95. The van der Waals surface area contributed by atoms with Gasteiger partial charge in [0.05, 0.1) is 35.4 Å². The summed E-state index contributed by atoms with van der Waals surface area (Å²) in [7, 11) is -3.29. The first-order valence-electron chi connectivity index (χ1n) is 12.4. The minimum Gasteiger partial charge on any atom is -0.368 e. The van der Waals surface area contributed by atoms with Gasteiger partial charge in [-0.15, -0.1) is 11.3 Å². The number of hydrogen-bond donors (Lipinski definition) is 1. The van der Waals surface area contributed by atoms with E-state index in [9.17, 15) is 26.4 Å². The summed E-state index contributed by atoms with van der Waals surface area (Å²) >= 11 is 1.42. The smallest absolute Gasteiger partial charge is 0.368 e. The zero-order valence-corrected chi connectivity index (χ0v) is 22.7. The second-order valence-electron chi connectivity index (χ2n) is 10.0. The number of rotatable bonds is 8. The standard InChI is InChI=1S/C25H32F3N3O4S2.3CH4/c1-4-37(33,34)18-8-5-16(6-9-18)11-21(32)29-24-30-22-19(36-24)13-31(23(22)15(2)3)12-17-7-10-20(35-14-17)25(26,27)28;;;/h5-6,8-9,15,17,20,23H,4,7,10-14H2,1-3H3,(H,29,30,32);3*1H4/t17-,20+,23-;;;/m0.../s1. The molecule has 40 heavy (non-hydrogen) atoms. The maximum Gasteiger partial charge on any atom is 0.414 e. The fraction of sp³-hybridized carbons (Fsp3) is 0.643. The minimum atomic E-state index is -4.31. The van der Waals surface area contributed by atoms with Crippen molar-refractivity contribution in [3.63, 3.8) is 0 Å². The predicted molar refractivity (Wildman–Crippen MR) is 155 cm³/mol. The van der Waals surface area contributed by atoms with Gasteiger partial charge in [-0.2, -0.15) is 13.2 Å². The van der Waals surface area contributed by atoms with E-state index in [1.165, 1.54) is 23.5 Å². The SMILES string of the molecule is C.C.C.CCS(=O)(=O)c1ccc(CC(=O)Nc2nc3c(s2)CN(C[C@@H]2CC[C@H](C(F)(F)F)OC2)[C@H]3C(C)C)cc1. The Morgan fingerprint density at radius 1 is 1.18 bits per heavy atom. The molecule has 0 unspecified atom stereocenters. The molecule has 1 fully saturated rings. The molecule has 1 saturated heterocycles. The van der Waals surface area contributed by atoms with Crippen LogP contribution in [-0.2, 0) is 32.3 Å². The van der Waals surface area contributed by atoms with Crippen LogP contribution in [0.2, 0.25) is 0 Å². The fourth-order valence-corrected chi connectivity index (χ4v) is 6.93. The second kappa shape index (κ2) is 14.2. The van der Waals surface area contributed by atoms with E-state index < -0.39 is 22.1 Å². The molecule has 0 spiro atoms. The molecule has 0 bridgehead atoms. The highest BCUT2D eigenvalue weighted by atomic mass is 32.2. The van der Waals surface area contributed by atoms with Crippen LogP contribution < -0.4 is 5.32 Å². The van der Waals surface area contributed by atoms with Gasteiger partial charge in [-0.05, 0) is 42.4 Å². The predicted octanol–water partition coefficient (Wildman–Crippen LogP) is 6.90. The molecule has 0 saturated carbocycles. The Morgan fingerprint density at radius 2 is 1.82 bits per heavy atom. The Hall–Kier alpha value is -2.02. The number of alkyl halides is 3. The Bertz CT molecular complexity index is 1210. The number of carbonyl (C=O) groups is 1. The number of hydrogen-bond acceptors (Lipinski definition) is 7. The molecule has 12 heteroatoms. The van der Waals surface area contributed by atoms with E-state index in [-0.39, 0.29) is 76.2 Å². The van der Waals surface area contributed by atoms with Crippen LogP contribution in [0.25, 0.3) is 0 Å². The lowest BCUT2D eigenvalue weighted by molar-refractivity contribution is -0.236. The van der Waals surface area contributed by atoms with E-state index in [0.717, 1.165) is 10.6 Å². The number of nitrogens with zero attached hydrogens (tertiary/aromatic N) is 2. The molecule has 228 valence electrons. The first-order valence-corrected chi connectivity index (χ1v) is 14.9. The molecule has 1 aromatic heterocycles. The number of ether oxygens (including phenoxy) is 1. The quantitative estimate of drug-likeness (QED) is 0.351. The van der Waals surface area contributed by atoms with Crippen LogP contribution in [0.15, 0.2) is 29.2 Å². The van der Waals surface area contributed by atoms with Crippen molar-refractivity contribution in [3.05, 3.63) is 40.4 Å². The van der Waals surface area contributed by atoms with Gasteiger partial charge in [-0.3, -0.25) is 9.69 Å². The van der Waals surface area contributed by atoms with Gasteiger partial charge in [0.25, 0.3) is 0 Å². The molecule has 1 amide bonds. The second-order valence-corrected chi connectivity index (χ2v) is 13.4. The largest absolute Gasteiger partial charge is 0.414 e. The maximum absolute atomic E-state index is 12.9. The highest BCUT2D eigenvalue weighted by Crippen LogP contribution is 2.43. The van der Waals surface area contributed by atoms with Gasteiger partial charge in [-0.25, -0.2) is 13.4 Å². The molecular formula is C28H44F3N3O4S2. The van der Waals surface area contributed by atoms with E-state index >= 15 is 0 Å². The number of thiazole rings is 1. The first kappa shape index (κ1) is 36.0. The van der Waals surface area contributed by atoms with Gasteiger partial charge in [0.15, 0.2) is 21.1 Å². The van der Waals surface area contributed by atoms with E-state index in [1.807, 2.05) is 0 Å². The topological polar surface area (TPSA) is 88.6 Å². The van der Waals surface area contributed by atoms with Gasteiger partial charge in [-0.1, -0.05) is 55.2 Å². The molecule has 1 N–H and O–H groups in total. The monoisotopic (exact) mass is 607 g/mol. The minimum absolute atomic E-state index is 0. The van der Waals surface area contributed by atoms with Crippen molar-refractivity contribution >= 4 is 32.2 Å². The van der Waals surface area contributed by atoms with Gasteiger partial charge in [0.2, 0.25) is 5.91 Å². The third-order valence-corrected chi connectivity index (χ3v) is 9.60. The number of nitrogens with one attached hydrogen (secondary N) is 1. The number of anilines is 1. The Balaban J connectivity index is 0.00000267. The van der Waals surface area contributed by atoms with Gasteiger partial charge in [0.1, 0.15) is 0 Å². The third kappa shape index (κ3) is 8.27. The van der Waals surface area contributed by atoms with Crippen molar-refractivity contribution in [2.75, 3.05) is 24.2 Å². The van der Waals surface area contributed by atoms with Crippen molar-refractivity contribution in [2.45, 2.75) is 92.1 Å². The van der Waals surface area contributed by atoms with E-state index in [0.29, 0.717) is 30.2 Å². The van der Waals surface area contributed by atoms with Crippen molar-refractivity contribution in [1.82, 2.24) is 9.88 Å². The number of aromatic nitrogens is 1. The lowest BCUT2D eigenvalue weighted by Crippen LogP contribution is -2.41. The van der Waals surface area contributed by atoms with E-state index in [1.54, 1.807) is 19.1 Å². The summed E-state index contributed by atoms with van der Waals surface area (Å²) in [4.78, 5) is 20.9. The van der Waals surface area contributed by atoms with Crippen LogP contribution in [0, 0.1) is 11.8 Å². The molecule has 3 heterocycles. The molecule has 7 nitrogen and oxygen atoms in total. The van der Waals surface area contributed by atoms with Crippen LogP contribution in [-0.4, -0.2) is 55.4 Å². The normalized spacial score (nSPS) is 21.1. The van der Waals surface area contributed by atoms with Crippen molar-refractivity contribution in [3.8, 4) is 0 Å². The van der Waals surface area contributed by atoms with Crippen LogP contribution in [0.3, 0.4) is 0 Å². The average molecular weight is 608 g/mol. The lowest BCUT2D eigenvalue weighted by Gasteiger charge is -2.35. The van der Waals surface area contributed by atoms with Gasteiger partial charge < -0.3 is 10.1 Å². The summed E-state index contributed by atoms with van der Waals surface area (Å²) in [6.07, 6.45) is -5.43. The zero-order chi connectivity index (χ0) is 27.0. The van der Waals surface area contributed by atoms with Crippen molar-refractivity contribution in [2.24, 2.45) is 11.8 Å². The third-order valence-electron chi connectivity index (χ3n) is 6.88. The van der Waals surface area contributed by atoms with E-state index in [4.69, 9.17) is 9.72 Å². The van der Waals surface area contributed by atoms with Crippen LogP contribution in [0.5, 0.6) is 0 Å². The summed E-state index contributed by atoms with van der Waals surface area (Å²) in [6, 6.07) is 6.33. The number of amides is 1. The average Bonchev–Trinajstić information content (AvgIpc) is 3.35. The molecule has 2 aromatic rings. The van der Waals surface area contributed by atoms with Crippen molar-refractivity contribution in [1.29, 1.82) is 0 Å². The molecule has 2 aliphatic rings. The zero-order valence-electron chi connectivity index (χ0n) is 21.0. The molecule has 4 rings (SSSR count). The highest BCUT2D eigenvalue weighted by molar-refractivity contribution is 7.91. The van der Waals surface area contributed by atoms with Crippen molar-refractivity contribution < 1.29 is 31.1 Å². The Labute approximate surface area is 241 Å². The first-order chi connectivity index (χ1) is 17.4. The number of carbonyl (C=O) groups excluding carboxylic acids is 1. The van der Waals surface area contributed by atoms with Gasteiger partial charge in [0, 0.05) is 18.0 Å². The Kier molecular flexibility index (Phi) is 12.8. The maximum atomic E-state index is 12.9.